The van der Waals surface area contributed by atoms with Crippen molar-refractivity contribution in [3.8, 4) is 0 Å². The second kappa shape index (κ2) is 6.11. The highest BCUT2D eigenvalue weighted by atomic mass is 35.5. The second-order valence-electron chi connectivity index (χ2n) is 4.10. The van der Waals surface area contributed by atoms with Crippen LogP contribution in [0.1, 0.15) is 13.8 Å². The summed E-state index contributed by atoms with van der Waals surface area (Å²) in [4.78, 5) is 24.0. The van der Waals surface area contributed by atoms with Crippen molar-refractivity contribution in [3.05, 3.63) is 39.9 Å². The molecule has 0 atom stereocenters. The first-order valence-corrected chi connectivity index (χ1v) is 6.97. The first kappa shape index (κ1) is 14.6. The van der Waals surface area contributed by atoms with Crippen LogP contribution < -0.4 is 10.7 Å². The van der Waals surface area contributed by atoms with Crippen molar-refractivity contribution >= 4 is 45.8 Å². The molecule has 0 aromatic heterocycles. The molecule has 1 aliphatic rings. The van der Waals surface area contributed by atoms with Gasteiger partial charge in [0, 0.05) is 16.4 Å². The fourth-order valence-corrected chi connectivity index (χ4v) is 2.43. The third kappa shape index (κ3) is 3.40. The van der Waals surface area contributed by atoms with Crippen molar-refractivity contribution in [2.24, 2.45) is 5.10 Å². The van der Waals surface area contributed by atoms with E-state index in [1.165, 1.54) is 6.92 Å². The van der Waals surface area contributed by atoms with Crippen LogP contribution in [-0.4, -0.2) is 16.7 Å². The van der Waals surface area contributed by atoms with Crippen LogP contribution in [0, 0.1) is 0 Å². The van der Waals surface area contributed by atoms with E-state index in [2.05, 4.69) is 15.8 Å². The van der Waals surface area contributed by atoms with Crippen LogP contribution in [0.4, 0.5) is 5.69 Å². The average molecular weight is 310 g/mol. The highest BCUT2D eigenvalue weighted by Gasteiger charge is 2.22. The van der Waals surface area contributed by atoms with Crippen molar-refractivity contribution in [1.29, 1.82) is 0 Å². The summed E-state index contributed by atoms with van der Waals surface area (Å²) in [5.41, 5.74) is 3.94. The lowest BCUT2D eigenvalue weighted by Crippen LogP contribution is -2.27. The first-order chi connectivity index (χ1) is 9.47. The predicted octanol–water partition coefficient (Wildman–Crippen LogP) is 2.75. The van der Waals surface area contributed by atoms with Crippen LogP contribution in [-0.2, 0) is 9.59 Å². The maximum Gasteiger partial charge on any atom is 0.283 e. The van der Waals surface area contributed by atoms with Gasteiger partial charge in [0.25, 0.3) is 5.91 Å². The number of nitrogens with zero attached hydrogens (tertiary/aromatic N) is 1. The molecule has 0 radical (unpaired) electrons. The molecule has 2 N–H and O–H groups in total. The van der Waals surface area contributed by atoms with Gasteiger partial charge in [-0.3, -0.25) is 15.0 Å². The zero-order chi connectivity index (χ0) is 14.7. The molecule has 0 saturated heterocycles. The fourth-order valence-electron chi connectivity index (χ4n) is 1.53. The number of hydrogen-bond donors (Lipinski definition) is 2. The summed E-state index contributed by atoms with van der Waals surface area (Å²) in [6.45, 7) is 3.19. The number of amides is 1. The predicted molar refractivity (Wildman–Crippen MR) is 81.6 cm³/mol. The minimum Gasteiger partial charge on any atom is -0.320 e. The lowest BCUT2D eigenvalue weighted by atomic mass is 10.3. The molecule has 0 bridgehead atoms. The highest BCUT2D eigenvalue weighted by Crippen LogP contribution is 2.25. The number of halogens is 1. The Hall–Kier alpha value is -1.79. The Morgan fingerprint density at radius 3 is 2.55 bits per heavy atom. The monoisotopic (exact) mass is 309 g/mol. The summed E-state index contributed by atoms with van der Waals surface area (Å²) in [6, 6.07) is 6.73. The number of ketones is 1. The molecule has 0 unspecified atom stereocenters. The van der Waals surface area contributed by atoms with E-state index in [4.69, 9.17) is 11.6 Å². The Morgan fingerprint density at radius 2 is 1.95 bits per heavy atom. The van der Waals surface area contributed by atoms with Crippen LogP contribution in [0.5, 0.6) is 0 Å². The van der Waals surface area contributed by atoms with Gasteiger partial charge in [0.1, 0.15) is 0 Å². The summed E-state index contributed by atoms with van der Waals surface area (Å²) in [7, 11) is 0. The number of rotatable bonds is 3. The number of allylic oxidation sites excluding steroid dienone is 2. The standard InChI is InChI=1S/C13H12ClN3O2S/c1-7-11(8(2)18)20-13(17-16-7)12(19)15-10-5-3-9(14)4-6-10/h3-6,16H,1-2H3,(H,15,19). The quantitative estimate of drug-likeness (QED) is 0.900. The van der Waals surface area contributed by atoms with Gasteiger partial charge in [-0.2, -0.15) is 5.10 Å². The normalized spacial score (nSPS) is 14.4. The molecule has 1 aliphatic heterocycles. The van der Waals surface area contributed by atoms with Crippen molar-refractivity contribution in [3.63, 3.8) is 0 Å². The number of carbonyl (C=O) groups is 2. The van der Waals surface area contributed by atoms with Gasteiger partial charge in [-0.05, 0) is 38.1 Å². The minimum absolute atomic E-state index is 0.105. The number of Topliss-reactive ketones (excluding diaryl/α,β-unsaturated/α-hetero) is 1. The van der Waals surface area contributed by atoms with Crippen molar-refractivity contribution in [2.45, 2.75) is 13.8 Å². The SMILES string of the molecule is CC(=O)C1=C(C)NN=C(C(=O)Nc2ccc(Cl)cc2)S1. The maximum atomic E-state index is 12.1. The topological polar surface area (TPSA) is 70.6 Å². The molecule has 7 heteroatoms. The van der Waals surface area contributed by atoms with Gasteiger partial charge in [0.15, 0.2) is 10.8 Å². The van der Waals surface area contributed by atoms with Crippen LogP contribution in [0.25, 0.3) is 0 Å². The molecule has 5 nitrogen and oxygen atoms in total. The van der Waals surface area contributed by atoms with E-state index in [1.807, 2.05) is 0 Å². The molecule has 104 valence electrons. The Kier molecular flexibility index (Phi) is 4.46. The first-order valence-electron chi connectivity index (χ1n) is 5.77. The minimum atomic E-state index is -0.379. The van der Waals surface area contributed by atoms with Gasteiger partial charge in [-0.25, -0.2) is 0 Å². The van der Waals surface area contributed by atoms with Crippen LogP contribution >= 0.6 is 23.4 Å². The van der Waals surface area contributed by atoms with E-state index in [9.17, 15) is 9.59 Å². The van der Waals surface area contributed by atoms with Gasteiger partial charge in [-0.15, -0.1) is 0 Å². The Labute approximate surface area is 125 Å². The summed E-state index contributed by atoms with van der Waals surface area (Å²) in [6.07, 6.45) is 0. The second-order valence-corrected chi connectivity index (χ2v) is 5.54. The van der Waals surface area contributed by atoms with Crippen molar-refractivity contribution < 1.29 is 9.59 Å². The third-order valence-corrected chi connectivity index (χ3v) is 4.00. The summed E-state index contributed by atoms with van der Waals surface area (Å²) in [5, 5.41) is 7.41. The van der Waals surface area contributed by atoms with E-state index in [0.717, 1.165) is 11.8 Å². The molecular formula is C13H12ClN3O2S. The number of anilines is 1. The smallest absolute Gasteiger partial charge is 0.283 e. The zero-order valence-electron chi connectivity index (χ0n) is 10.9. The Balaban J connectivity index is 2.07. The Morgan fingerprint density at radius 1 is 1.30 bits per heavy atom. The van der Waals surface area contributed by atoms with Gasteiger partial charge >= 0.3 is 0 Å². The van der Waals surface area contributed by atoms with Gasteiger partial charge in [0.2, 0.25) is 0 Å². The molecule has 0 fully saturated rings. The molecule has 0 spiro atoms. The summed E-state index contributed by atoms with van der Waals surface area (Å²) in [5.74, 6) is -0.484. The number of thioether (sulfide) groups is 1. The van der Waals surface area contributed by atoms with Crippen LogP contribution in [0.2, 0.25) is 5.02 Å². The third-order valence-electron chi connectivity index (χ3n) is 2.48. The van der Waals surface area contributed by atoms with E-state index in [1.54, 1.807) is 31.2 Å². The Bertz CT molecular complexity index is 623. The molecule has 1 heterocycles. The molecule has 0 saturated carbocycles. The average Bonchev–Trinajstić information content (AvgIpc) is 2.41. The summed E-state index contributed by atoms with van der Waals surface area (Å²) < 4.78 is 0. The van der Waals surface area contributed by atoms with E-state index >= 15 is 0 Å². The number of benzene rings is 1. The molecule has 1 amide bonds. The number of hydrazone groups is 1. The number of nitrogens with one attached hydrogen (secondary N) is 2. The molecule has 1 aromatic carbocycles. The van der Waals surface area contributed by atoms with E-state index in [0.29, 0.717) is 21.3 Å². The van der Waals surface area contributed by atoms with Gasteiger partial charge in [0.05, 0.1) is 4.91 Å². The van der Waals surface area contributed by atoms with Crippen LogP contribution in [0.15, 0.2) is 40.0 Å². The maximum absolute atomic E-state index is 12.1. The molecule has 20 heavy (non-hydrogen) atoms. The summed E-state index contributed by atoms with van der Waals surface area (Å²) >= 11 is 6.83. The highest BCUT2D eigenvalue weighted by molar-refractivity contribution is 8.19. The lowest BCUT2D eigenvalue weighted by molar-refractivity contribution is -0.113. The molecular weight excluding hydrogens is 298 g/mol. The fraction of sp³-hybridized carbons (Fsp3) is 0.154. The zero-order valence-corrected chi connectivity index (χ0v) is 12.4. The molecule has 2 rings (SSSR count). The lowest BCUT2D eigenvalue weighted by Gasteiger charge is -2.16. The van der Waals surface area contributed by atoms with E-state index in [-0.39, 0.29) is 16.7 Å². The van der Waals surface area contributed by atoms with E-state index < -0.39 is 0 Å². The largest absolute Gasteiger partial charge is 0.320 e. The van der Waals surface area contributed by atoms with Gasteiger partial charge < -0.3 is 5.32 Å². The van der Waals surface area contributed by atoms with Crippen LogP contribution in [0.3, 0.4) is 0 Å². The van der Waals surface area contributed by atoms with Gasteiger partial charge in [-0.1, -0.05) is 23.4 Å². The number of carbonyl (C=O) groups excluding carboxylic acids is 2. The van der Waals surface area contributed by atoms with Crippen molar-refractivity contribution in [2.75, 3.05) is 5.32 Å². The number of hydrogen-bond acceptors (Lipinski definition) is 5. The molecule has 1 aromatic rings. The molecule has 0 aliphatic carbocycles. The van der Waals surface area contributed by atoms with Crippen molar-refractivity contribution in [1.82, 2.24) is 5.43 Å².